The van der Waals surface area contributed by atoms with Crippen molar-refractivity contribution >= 4 is 18.1 Å². The molecule has 1 aromatic rings. The van der Waals surface area contributed by atoms with E-state index in [9.17, 15) is 14.9 Å². The van der Waals surface area contributed by atoms with E-state index in [0.29, 0.717) is 6.54 Å². The highest BCUT2D eigenvalue weighted by molar-refractivity contribution is 5.79. The van der Waals surface area contributed by atoms with Crippen molar-refractivity contribution in [3.8, 4) is 0 Å². The number of rotatable bonds is 9. The minimum absolute atomic E-state index is 0.196. The van der Waals surface area contributed by atoms with E-state index in [0.717, 1.165) is 12.8 Å². The predicted octanol–water partition coefficient (Wildman–Crippen LogP) is 2.79. The zero-order valence-electron chi connectivity index (χ0n) is 12.0. The number of nitro groups is 1. The third-order valence-electron chi connectivity index (χ3n) is 2.72. The second-order valence-electron chi connectivity index (χ2n) is 4.47. The smallest absolute Gasteiger partial charge is 0.400 e. The van der Waals surface area contributed by atoms with Crippen LogP contribution in [-0.2, 0) is 0 Å². The van der Waals surface area contributed by atoms with Crippen molar-refractivity contribution < 1.29 is 14.1 Å². The van der Waals surface area contributed by atoms with Crippen LogP contribution in [0.25, 0.3) is 0 Å². The monoisotopic (exact) mass is 296 g/mol. The molecule has 116 valence electrons. The van der Waals surface area contributed by atoms with Gasteiger partial charge in [-0.2, -0.15) is 5.10 Å². The largest absolute Gasteiger partial charge is 0.433 e. The molecule has 0 saturated heterocycles. The Kier molecular flexibility index (Phi) is 7.55. The van der Waals surface area contributed by atoms with Crippen LogP contribution in [0.1, 0.15) is 44.8 Å². The lowest BCUT2D eigenvalue weighted by Gasteiger charge is -2.03. The van der Waals surface area contributed by atoms with Gasteiger partial charge in [-0.1, -0.05) is 32.6 Å². The minimum atomic E-state index is -0.643. The van der Waals surface area contributed by atoms with E-state index in [4.69, 9.17) is 4.42 Å². The number of hydrogen-bond donors (Lipinski definition) is 2. The van der Waals surface area contributed by atoms with Gasteiger partial charge >= 0.3 is 11.9 Å². The fraction of sp³-hybridized carbons (Fsp3) is 0.538. The van der Waals surface area contributed by atoms with Crippen molar-refractivity contribution in [2.24, 2.45) is 5.10 Å². The molecule has 1 heterocycles. The van der Waals surface area contributed by atoms with Crippen LogP contribution in [0.5, 0.6) is 0 Å². The Morgan fingerprint density at radius 1 is 1.38 bits per heavy atom. The molecule has 1 rings (SSSR count). The highest BCUT2D eigenvalue weighted by Gasteiger charge is 2.10. The lowest BCUT2D eigenvalue weighted by atomic mass is 10.1. The number of hydrogen-bond acceptors (Lipinski definition) is 5. The molecular weight excluding hydrogens is 276 g/mol. The third-order valence-corrected chi connectivity index (χ3v) is 2.72. The van der Waals surface area contributed by atoms with Crippen molar-refractivity contribution in [2.75, 3.05) is 6.54 Å². The van der Waals surface area contributed by atoms with Crippen LogP contribution in [0, 0.1) is 10.1 Å². The SMILES string of the molecule is CCCCCCCNC(=O)N/N=C/c1ccc([N+](=O)[O-])o1. The fourth-order valence-corrected chi connectivity index (χ4v) is 1.63. The van der Waals surface area contributed by atoms with E-state index in [1.165, 1.54) is 37.6 Å². The zero-order valence-corrected chi connectivity index (χ0v) is 12.0. The van der Waals surface area contributed by atoms with Gasteiger partial charge in [-0.3, -0.25) is 10.1 Å². The molecule has 0 radical (unpaired) electrons. The molecule has 2 amide bonds. The molecule has 0 saturated carbocycles. The summed E-state index contributed by atoms with van der Waals surface area (Å²) < 4.78 is 4.84. The highest BCUT2D eigenvalue weighted by Crippen LogP contribution is 2.13. The maximum absolute atomic E-state index is 11.4. The number of nitrogens with zero attached hydrogens (tertiary/aromatic N) is 2. The van der Waals surface area contributed by atoms with Gasteiger partial charge in [-0.15, -0.1) is 0 Å². The zero-order chi connectivity index (χ0) is 15.5. The third kappa shape index (κ3) is 7.09. The molecule has 8 nitrogen and oxygen atoms in total. The number of carbonyl (C=O) groups excluding carboxylic acids is 1. The summed E-state index contributed by atoms with van der Waals surface area (Å²) in [5, 5.41) is 16.7. The summed E-state index contributed by atoms with van der Waals surface area (Å²) in [4.78, 5) is 21.1. The molecule has 0 unspecified atom stereocenters. The maximum atomic E-state index is 11.4. The molecule has 0 aliphatic rings. The molecule has 1 aromatic heterocycles. The van der Waals surface area contributed by atoms with E-state index in [1.807, 2.05) is 0 Å². The van der Waals surface area contributed by atoms with Crippen LogP contribution in [0.4, 0.5) is 10.7 Å². The van der Waals surface area contributed by atoms with Crippen molar-refractivity contribution in [3.05, 3.63) is 28.0 Å². The first-order chi connectivity index (χ1) is 10.1. The van der Waals surface area contributed by atoms with Gasteiger partial charge < -0.3 is 9.73 Å². The molecule has 0 bridgehead atoms. The van der Waals surface area contributed by atoms with Crippen LogP contribution < -0.4 is 10.7 Å². The standard InChI is InChI=1S/C13H20N4O4/c1-2-3-4-5-6-9-14-13(18)16-15-10-11-7-8-12(21-11)17(19)20/h7-8,10H,2-6,9H2,1H3,(H2,14,16,18)/b15-10+. The summed E-state index contributed by atoms with van der Waals surface area (Å²) in [6, 6.07) is 2.20. The van der Waals surface area contributed by atoms with Crippen molar-refractivity contribution in [3.63, 3.8) is 0 Å². The van der Waals surface area contributed by atoms with Crippen LogP contribution in [0.15, 0.2) is 21.7 Å². The lowest BCUT2D eigenvalue weighted by Crippen LogP contribution is -2.32. The first-order valence-corrected chi connectivity index (χ1v) is 6.94. The summed E-state index contributed by atoms with van der Waals surface area (Å²) in [5.41, 5.74) is 2.26. The molecule has 0 atom stereocenters. The Morgan fingerprint density at radius 3 is 2.81 bits per heavy atom. The van der Waals surface area contributed by atoms with Gasteiger partial charge in [-0.05, 0) is 12.5 Å². The first kappa shape index (κ1) is 16.7. The molecular formula is C13H20N4O4. The van der Waals surface area contributed by atoms with Gasteiger partial charge in [0.05, 0.1) is 12.3 Å². The van der Waals surface area contributed by atoms with Crippen molar-refractivity contribution in [2.45, 2.75) is 39.0 Å². The Hall–Kier alpha value is -2.38. The van der Waals surface area contributed by atoms with Gasteiger partial charge in [0.15, 0.2) is 5.76 Å². The summed E-state index contributed by atoms with van der Waals surface area (Å²) in [7, 11) is 0. The molecule has 0 fully saturated rings. The second kappa shape index (κ2) is 9.51. The second-order valence-corrected chi connectivity index (χ2v) is 4.47. The Labute approximate surface area is 122 Å². The fourth-order valence-electron chi connectivity index (χ4n) is 1.63. The van der Waals surface area contributed by atoms with Gasteiger partial charge in [-0.25, -0.2) is 10.2 Å². The minimum Gasteiger partial charge on any atom is -0.400 e. The highest BCUT2D eigenvalue weighted by atomic mass is 16.6. The number of carbonyl (C=O) groups is 1. The normalized spacial score (nSPS) is 10.7. The van der Waals surface area contributed by atoms with E-state index in [-0.39, 0.29) is 11.6 Å². The molecule has 0 aromatic carbocycles. The molecule has 0 spiro atoms. The topological polar surface area (TPSA) is 110 Å². The van der Waals surface area contributed by atoms with Gasteiger partial charge in [0.25, 0.3) is 0 Å². The molecule has 0 aliphatic heterocycles. The Bertz CT molecular complexity index is 484. The van der Waals surface area contributed by atoms with Gasteiger partial charge in [0, 0.05) is 6.54 Å². The molecule has 21 heavy (non-hydrogen) atoms. The lowest BCUT2D eigenvalue weighted by molar-refractivity contribution is -0.402. The summed E-state index contributed by atoms with van der Waals surface area (Å²) in [5.74, 6) is -0.172. The van der Waals surface area contributed by atoms with Crippen LogP contribution in [0.2, 0.25) is 0 Å². The van der Waals surface area contributed by atoms with Crippen LogP contribution in [0.3, 0.4) is 0 Å². The summed E-state index contributed by atoms with van der Waals surface area (Å²) >= 11 is 0. The van der Waals surface area contributed by atoms with E-state index in [1.54, 1.807) is 0 Å². The number of nitrogens with one attached hydrogen (secondary N) is 2. The number of unbranched alkanes of at least 4 members (excludes halogenated alkanes) is 4. The summed E-state index contributed by atoms with van der Waals surface area (Å²) in [6.07, 6.45) is 6.80. The number of amides is 2. The van der Waals surface area contributed by atoms with E-state index in [2.05, 4.69) is 22.8 Å². The average Bonchev–Trinajstić information content (AvgIpc) is 2.92. The van der Waals surface area contributed by atoms with Gasteiger partial charge in [0.1, 0.15) is 4.92 Å². The van der Waals surface area contributed by atoms with Gasteiger partial charge in [0.2, 0.25) is 0 Å². The molecule has 8 heteroatoms. The van der Waals surface area contributed by atoms with Crippen LogP contribution in [-0.4, -0.2) is 23.7 Å². The number of hydrazone groups is 1. The Morgan fingerprint density at radius 2 is 2.14 bits per heavy atom. The quantitative estimate of drug-likeness (QED) is 0.316. The Balaban J connectivity index is 2.17. The predicted molar refractivity (Wildman–Crippen MR) is 78.2 cm³/mol. The first-order valence-electron chi connectivity index (χ1n) is 6.94. The summed E-state index contributed by atoms with van der Waals surface area (Å²) in [6.45, 7) is 2.74. The maximum Gasteiger partial charge on any atom is 0.433 e. The molecule has 0 aliphatic carbocycles. The average molecular weight is 296 g/mol. The van der Waals surface area contributed by atoms with Crippen molar-refractivity contribution in [1.82, 2.24) is 10.7 Å². The van der Waals surface area contributed by atoms with E-state index < -0.39 is 11.0 Å². The number of furan rings is 1. The van der Waals surface area contributed by atoms with Crippen molar-refractivity contribution in [1.29, 1.82) is 0 Å². The van der Waals surface area contributed by atoms with E-state index >= 15 is 0 Å². The van der Waals surface area contributed by atoms with Crippen LogP contribution >= 0.6 is 0 Å². The number of urea groups is 1. The molecule has 2 N–H and O–H groups in total.